The van der Waals surface area contributed by atoms with E-state index in [1.54, 1.807) is 12.1 Å². The number of hydrogen-bond acceptors (Lipinski definition) is 3. The van der Waals surface area contributed by atoms with Gasteiger partial charge >= 0.3 is 0 Å². The number of pyridine rings is 1. The van der Waals surface area contributed by atoms with Gasteiger partial charge in [-0.15, -0.1) is 0 Å². The maximum absolute atomic E-state index is 13.0. The summed E-state index contributed by atoms with van der Waals surface area (Å²) in [4.78, 5) is 11.6. The molecule has 150 valence electrons. The molecule has 2 N–H and O–H groups in total. The van der Waals surface area contributed by atoms with Crippen LogP contribution < -0.4 is 15.5 Å². The van der Waals surface area contributed by atoms with Crippen molar-refractivity contribution in [1.82, 2.24) is 15.6 Å². The fourth-order valence-corrected chi connectivity index (χ4v) is 3.24. The highest BCUT2D eigenvalue weighted by Gasteiger charge is 2.16. The first-order valence-corrected chi connectivity index (χ1v) is 10.1. The Labute approximate surface area is 167 Å². The van der Waals surface area contributed by atoms with E-state index in [-0.39, 0.29) is 5.82 Å². The molecule has 0 aliphatic carbocycles. The van der Waals surface area contributed by atoms with Gasteiger partial charge < -0.3 is 15.5 Å². The van der Waals surface area contributed by atoms with Crippen LogP contribution >= 0.6 is 0 Å². The number of nitrogens with zero attached hydrogens (tertiary/aromatic N) is 3. The average Bonchev–Trinajstić information content (AvgIpc) is 2.72. The molecule has 0 atom stereocenters. The second-order valence-electron chi connectivity index (χ2n) is 7.37. The molecule has 1 aliphatic heterocycles. The molecule has 0 amide bonds. The average molecular weight is 384 g/mol. The maximum Gasteiger partial charge on any atom is 0.191 e. The summed E-state index contributed by atoms with van der Waals surface area (Å²) in [7, 11) is 0. The zero-order chi connectivity index (χ0) is 19.8. The quantitative estimate of drug-likeness (QED) is 0.590. The highest BCUT2D eigenvalue weighted by atomic mass is 19.1. The van der Waals surface area contributed by atoms with E-state index in [9.17, 15) is 4.39 Å². The van der Waals surface area contributed by atoms with Gasteiger partial charge in [0.15, 0.2) is 5.96 Å². The van der Waals surface area contributed by atoms with Gasteiger partial charge in [-0.3, -0.25) is 0 Å². The van der Waals surface area contributed by atoms with Gasteiger partial charge in [0.2, 0.25) is 0 Å². The van der Waals surface area contributed by atoms with Gasteiger partial charge in [0.25, 0.3) is 0 Å². The minimum Gasteiger partial charge on any atom is -0.357 e. The van der Waals surface area contributed by atoms with E-state index in [2.05, 4.69) is 44.6 Å². The molecule has 3 rings (SSSR count). The standard InChI is InChI=1S/C22H30FN5/c1-3-24-22(26-14-18-4-7-20(23)8-5-18)27-16-19-6-9-21(25-15-19)28-12-10-17(2)11-13-28/h4-9,15,17H,3,10-14,16H2,1-2H3,(H2,24,26,27). The molecule has 1 aliphatic rings. The topological polar surface area (TPSA) is 52.6 Å². The number of benzene rings is 1. The molecule has 1 aromatic carbocycles. The highest BCUT2D eigenvalue weighted by Crippen LogP contribution is 2.21. The zero-order valence-electron chi connectivity index (χ0n) is 16.8. The number of anilines is 1. The van der Waals surface area contributed by atoms with E-state index in [0.717, 1.165) is 48.5 Å². The number of hydrogen-bond donors (Lipinski definition) is 2. The van der Waals surface area contributed by atoms with Crippen LogP contribution in [-0.4, -0.2) is 30.6 Å². The summed E-state index contributed by atoms with van der Waals surface area (Å²) in [5.74, 6) is 2.39. The lowest BCUT2D eigenvalue weighted by Gasteiger charge is -2.31. The lowest BCUT2D eigenvalue weighted by molar-refractivity contribution is 0.436. The monoisotopic (exact) mass is 383 g/mol. The Morgan fingerprint density at radius 3 is 2.46 bits per heavy atom. The summed E-state index contributed by atoms with van der Waals surface area (Å²) in [6.45, 7) is 8.45. The molecule has 0 bridgehead atoms. The van der Waals surface area contributed by atoms with Crippen LogP contribution in [-0.2, 0) is 13.1 Å². The Kier molecular flexibility index (Phi) is 7.23. The Morgan fingerprint density at radius 2 is 1.82 bits per heavy atom. The smallest absolute Gasteiger partial charge is 0.191 e. The normalized spacial score (nSPS) is 15.5. The van der Waals surface area contributed by atoms with E-state index >= 15 is 0 Å². The first-order valence-electron chi connectivity index (χ1n) is 10.1. The highest BCUT2D eigenvalue weighted by molar-refractivity contribution is 5.79. The fourth-order valence-electron chi connectivity index (χ4n) is 3.24. The molecule has 1 fully saturated rings. The van der Waals surface area contributed by atoms with Crippen LogP contribution in [0.4, 0.5) is 10.2 Å². The third-order valence-corrected chi connectivity index (χ3v) is 5.05. The third-order valence-electron chi connectivity index (χ3n) is 5.05. The maximum atomic E-state index is 13.0. The Balaban J connectivity index is 1.55. The number of rotatable bonds is 6. The van der Waals surface area contributed by atoms with Crippen LogP contribution in [0.1, 0.15) is 37.8 Å². The summed E-state index contributed by atoms with van der Waals surface area (Å²) in [5.41, 5.74) is 2.09. The summed E-state index contributed by atoms with van der Waals surface area (Å²) >= 11 is 0. The lowest BCUT2D eigenvalue weighted by atomic mass is 9.99. The molecule has 0 radical (unpaired) electrons. The Bertz CT molecular complexity index is 750. The minimum absolute atomic E-state index is 0.223. The van der Waals surface area contributed by atoms with Crippen LogP contribution in [0.3, 0.4) is 0 Å². The first kappa shape index (κ1) is 20.1. The first-order chi connectivity index (χ1) is 13.6. The zero-order valence-corrected chi connectivity index (χ0v) is 16.8. The van der Waals surface area contributed by atoms with Gasteiger partial charge in [0, 0.05) is 32.4 Å². The summed E-state index contributed by atoms with van der Waals surface area (Å²) in [5, 5.41) is 6.52. The van der Waals surface area contributed by atoms with E-state index in [1.165, 1.54) is 25.0 Å². The SMILES string of the molecule is CCNC(=NCc1ccc(N2CCC(C)CC2)nc1)NCc1ccc(F)cc1. The molecule has 6 heteroatoms. The molecule has 28 heavy (non-hydrogen) atoms. The molecule has 0 unspecified atom stereocenters. The van der Waals surface area contributed by atoms with Gasteiger partial charge in [0.05, 0.1) is 6.54 Å². The number of aliphatic imine (C=N–C) groups is 1. The third kappa shape index (κ3) is 5.94. The Morgan fingerprint density at radius 1 is 1.11 bits per heavy atom. The number of aromatic nitrogens is 1. The summed E-state index contributed by atoms with van der Waals surface area (Å²) < 4.78 is 13.0. The van der Waals surface area contributed by atoms with E-state index in [0.29, 0.717) is 13.1 Å². The van der Waals surface area contributed by atoms with Gasteiger partial charge in [-0.25, -0.2) is 14.4 Å². The van der Waals surface area contributed by atoms with Crippen molar-refractivity contribution in [2.75, 3.05) is 24.5 Å². The van der Waals surface area contributed by atoms with Crippen LogP contribution in [0, 0.1) is 11.7 Å². The van der Waals surface area contributed by atoms with Gasteiger partial charge in [0.1, 0.15) is 11.6 Å². The largest absolute Gasteiger partial charge is 0.357 e. The van der Waals surface area contributed by atoms with Gasteiger partial charge in [-0.05, 0) is 55.0 Å². The molecule has 5 nitrogen and oxygen atoms in total. The molecular formula is C22H30FN5. The van der Waals surface area contributed by atoms with Crippen LogP contribution in [0.15, 0.2) is 47.6 Å². The van der Waals surface area contributed by atoms with Crippen molar-refractivity contribution in [2.24, 2.45) is 10.9 Å². The van der Waals surface area contributed by atoms with Crippen LogP contribution in [0.5, 0.6) is 0 Å². The van der Waals surface area contributed by atoms with Crippen molar-refractivity contribution in [3.05, 3.63) is 59.5 Å². The van der Waals surface area contributed by atoms with Crippen molar-refractivity contribution in [2.45, 2.75) is 39.8 Å². The molecule has 0 saturated carbocycles. The van der Waals surface area contributed by atoms with Crippen molar-refractivity contribution in [3.8, 4) is 0 Å². The summed E-state index contributed by atoms with van der Waals surface area (Å²) in [6, 6.07) is 10.7. The van der Waals surface area contributed by atoms with Crippen molar-refractivity contribution in [1.29, 1.82) is 0 Å². The summed E-state index contributed by atoms with van der Waals surface area (Å²) in [6.07, 6.45) is 4.39. The van der Waals surface area contributed by atoms with E-state index < -0.39 is 0 Å². The van der Waals surface area contributed by atoms with Crippen molar-refractivity contribution >= 4 is 11.8 Å². The molecule has 2 heterocycles. The fraction of sp³-hybridized carbons (Fsp3) is 0.455. The predicted octanol–water partition coefficient (Wildman–Crippen LogP) is 3.71. The molecule has 1 aromatic heterocycles. The van der Waals surface area contributed by atoms with Crippen LogP contribution in [0.2, 0.25) is 0 Å². The lowest BCUT2D eigenvalue weighted by Crippen LogP contribution is -2.36. The van der Waals surface area contributed by atoms with Gasteiger partial charge in [-0.2, -0.15) is 0 Å². The Hall–Kier alpha value is -2.63. The molecular weight excluding hydrogens is 353 g/mol. The second-order valence-corrected chi connectivity index (χ2v) is 7.37. The minimum atomic E-state index is -0.223. The van der Waals surface area contributed by atoms with Crippen molar-refractivity contribution in [3.63, 3.8) is 0 Å². The second kappa shape index (κ2) is 10.1. The molecule has 0 spiro atoms. The predicted molar refractivity (Wildman–Crippen MR) is 113 cm³/mol. The van der Waals surface area contributed by atoms with Gasteiger partial charge in [-0.1, -0.05) is 25.1 Å². The molecule has 1 saturated heterocycles. The number of nitrogens with one attached hydrogen (secondary N) is 2. The van der Waals surface area contributed by atoms with E-state index in [1.807, 2.05) is 13.1 Å². The number of piperidine rings is 1. The molecule has 2 aromatic rings. The van der Waals surface area contributed by atoms with E-state index in [4.69, 9.17) is 0 Å². The number of halogens is 1. The number of guanidine groups is 1. The van der Waals surface area contributed by atoms with Crippen LogP contribution in [0.25, 0.3) is 0 Å². The van der Waals surface area contributed by atoms with Crippen molar-refractivity contribution < 1.29 is 4.39 Å².